The number of ether oxygens (including phenoxy) is 2. The molecule has 7 N–H and O–H groups in total. The second kappa shape index (κ2) is 35.5. The van der Waals surface area contributed by atoms with Gasteiger partial charge in [-0.1, -0.05) is 113 Å². The quantitative estimate of drug-likeness (QED) is 0.00795. The molecule has 0 spiro atoms. The molecule has 0 aromatic carbocycles. The van der Waals surface area contributed by atoms with Crippen molar-refractivity contribution in [3.8, 4) is 0 Å². The van der Waals surface area contributed by atoms with Gasteiger partial charge in [-0.2, -0.15) is 0 Å². The van der Waals surface area contributed by atoms with Crippen molar-refractivity contribution in [2.75, 3.05) is 13.2 Å². The second-order valence-electron chi connectivity index (χ2n) is 15.8. The van der Waals surface area contributed by atoms with E-state index in [4.69, 9.17) is 28.3 Å². The van der Waals surface area contributed by atoms with Gasteiger partial charge < -0.3 is 44.6 Å². The minimum absolute atomic E-state index is 0.0180. The third-order valence-corrected chi connectivity index (χ3v) is 11.5. The van der Waals surface area contributed by atoms with Gasteiger partial charge in [0.05, 0.1) is 6.61 Å². The largest absolute Gasteiger partial charge is 0.472 e. The number of hydrogen-bond donors (Lipinski definition) is 7. The lowest BCUT2D eigenvalue weighted by molar-refractivity contribution is -0.216. The number of carbonyl (C=O) groups is 3. The van der Waals surface area contributed by atoms with E-state index in [1.165, 1.54) is 19.3 Å². The normalized spacial score (nSPS) is 22.3. The van der Waals surface area contributed by atoms with Crippen LogP contribution in [0.1, 0.15) is 149 Å². The van der Waals surface area contributed by atoms with E-state index >= 15 is 0 Å². The maximum atomic E-state index is 13.0. The van der Waals surface area contributed by atoms with Crippen LogP contribution in [0.5, 0.6) is 0 Å². The molecule has 1 saturated carbocycles. The molecule has 8 atom stereocenters. The van der Waals surface area contributed by atoms with Crippen LogP contribution in [-0.2, 0) is 46.6 Å². The highest BCUT2D eigenvalue weighted by Crippen LogP contribution is 2.49. The van der Waals surface area contributed by atoms with Crippen molar-refractivity contribution in [1.82, 2.24) is 0 Å². The minimum Gasteiger partial charge on any atom is -0.462 e. The Kier molecular flexibility index (Phi) is 33.0. The van der Waals surface area contributed by atoms with E-state index in [0.717, 1.165) is 70.6 Å². The zero-order chi connectivity index (χ0) is 47.6. The van der Waals surface area contributed by atoms with Gasteiger partial charge in [-0.15, -0.1) is 0 Å². The number of esters is 2. The summed E-state index contributed by atoms with van der Waals surface area (Å²) in [7, 11) is -10.7. The Morgan fingerprint density at radius 3 is 1.69 bits per heavy atom. The van der Waals surface area contributed by atoms with Crippen molar-refractivity contribution in [3.05, 3.63) is 60.8 Å². The van der Waals surface area contributed by atoms with Crippen LogP contribution in [0.2, 0.25) is 0 Å². The average Bonchev–Trinajstić information content (AvgIpc) is 3.24. The Bertz CT molecular complexity index is 1540. The van der Waals surface area contributed by atoms with Gasteiger partial charge in [0.15, 0.2) is 11.9 Å². The molecule has 0 radical (unpaired) electrons. The molecule has 19 heteroatoms. The Morgan fingerprint density at radius 2 is 1.05 bits per heavy atom. The molecular weight excluding hydrogens is 874 g/mol. The van der Waals surface area contributed by atoms with Crippen LogP contribution < -0.4 is 0 Å². The molecule has 0 saturated heterocycles. The molecule has 0 bridgehead atoms. The molecule has 1 aliphatic carbocycles. The average molecular weight is 951 g/mol. The standard InChI is InChI=1S/C45H76O17P2/c1-3-5-7-8-9-10-11-12-13-14-15-18-21-24-28-32-38(47)58-34-37(60-39(48)33-29-25-22-19-16-17-20-23-27-31-36(46)30-26-6-4-2)35-59-64(56,57)62-45-42(51)40(49)41(50)44(43(45)52)61-63(53,54)55/h9-10,12-13,15,18,20,23,27,31,37,40-45,49-52H,3-8,11,14,16-17,19,21-22,24-26,28-30,32-35H2,1-2H3,(H,56,57)(H2,53,54,55)/b10-9-,13-12-,18-15-,23-20-,31-27+/t37-,40?,41?,42?,43?,44-,45+/m1/s1. The number of aliphatic hydroxyl groups is 4. The van der Waals surface area contributed by atoms with Crippen molar-refractivity contribution in [3.63, 3.8) is 0 Å². The Hall–Kier alpha value is -2.63. The molecule has 368 valence electrons. The molecule has 5 unspecified atom stereocenters. The highest BCUT2D eigenvalue weighted by atomic mass is 31.2. The third kappa shape index (κ3) is 29.8. The van der Waals surface area contributed by atoms with Crippen LogP contribution in [-0.4, -0.2) is 109 Å². The van der Waals surface area contributed by atoms with Crippen LogP contribution in [0.25, 0.3) is 0 Å². The van der Waals surface area contributed by atoms with Crippen molar-refractivity contribution in [2.45, 2.75) is 191 Å². The Labute approximate surface area is 379 Å². The number of hydrogen-bond acceptors (Lipinski definition) is 14. The third-order valence-electron chi connectivity index (χ3n) is 10.0. The Balaban J connectivity index is 2.68. The van der Waals surface area contributed by atoms with E-state index in [9.17, 15) is 48.8 Å². The van der Waals surface area contributed by atoms with Gasteiger partial charge in [0.1, 0.15) is 43.2 Å². The van der Waals surface area contributed by atoms with E-state index in [1.54, 1.807) is 12.2 Å². The van der Waals surface area contributed by atoms with Crippen LogP contribution >= 0.6 is 15.6 Å². The summed E-state index contributed by atoms with van der Waals surface area (Å²) in [4.78, 5) is 66.0. The predicted molar refractivity (Wildman–Crippen MR) is 241 cm³/mol. The van der Waals surface area contributed by atoms with E-state index in [2.05, 4.69) is 48.8 Å². The molecule has 0 heterocycles. The van der Waals surface area contributed by atoms with E-state index in [-0.39, 0.29) is 18.6 Å². The number of ketones is 1. The number of unbranched alkanes of at least 4 members (excludes halogenated alkanes) is 12. The second-order valence-corrected chi connectivity index (χ2v) is 18.4. The molecule has 0 aliphatic heterocycles. The molecule has 17 nitrogen and oxygen atoms in total. The van der Waals surface area contributed by atoms with E-state index < -0.39 is 83.5 Å². The smallest absolute Gasteiger partial charge is 0.462 e. The van der Waals surface area contributed by atoms with Gasteiger partial charge in [-0.05, 0) is 76.7 Å². The zero-order valence-electron chi connectivity index (χ0n) is 37.7. The molecule has 1 fully saturated rings. The first-order chi connectivity index (χ1) is 30.5. The molecular formula is C45H76O17P2. The number of aliphatic hydroxyl groups excluding tert-OH is 4. The summed E-state index contributed by atoms with van der Waals surface area (Å²) in [5.74, 6) is -1.20. The van der Waals surface area contributed by atoms with Crippen molar-refractivity contribution >= 4 is 33.4 Å². The fourth-order valence-electron chi connectivity index (χ4n) is 6.42. The van der Waals surface area contributed by atoms with Crippen LogP contribution in [0.3, 0.4) is 0 Å². The lowest BCUT2D eigenvalue weighted by Gasteiger charge is -2.43. The highest BCUT2D eigenvalue weighted by molar-refractivity contribution is 7.47. The van der Waals surface area contributed by atoms with Crippen molar-refractivity contribution in [1.29, 1.82) is 0 Å². The lowest BCUT2D eigenvalue weighted by Crippen LogP contribution is -2.64. The summed E-state index contributed by atoms with van der Waals surface area (Å²) in [5, 5.41) is 41.2. The van der Waals surface area contributed by atoms with Crippen LogP contribution in [0, 0.1) is 0 Å². The topological polar surface area (TPSA) is 273 Å². The van der Waals surface area contributed by atoms with Gasteiger partial charge >= 0.3 is 27.6 Å². The van der Waals surface area contributed by atoms with Gasteiger partial charge in [0, 0.05) is 19.3 Å². The summed E-state index contributed by atoms with van der Waals surface area (Å²) in [5.41, 5.74) is 0. The van der Waals surface area contributed by atoms with Crippen LogP contribution in [0.15, 0.2) is 60.8 Å². The first kappa shape index (κ1) is 59.4. The highest BCUT2D eigenvalue weighted by Gasteiger charge is 2.54. The van der Waals surface area contributed by atoms with Gasteiger partial charge in [-0.3, -0.25) is 28.0 Å². The number of phosphoric acid groups is 2. The van der Waals surface area contributed by atoms with Crippen molar-refractivity contribution in [2.24, 2.45) is 0 Å². The zero-order valence-corrected chi connectivity index (χ0v) is 39.5. The fourth-order valence-corrected chi connectivity index (χ4v) is 7.96. The molecule has 1 rings (SSSR count). The SMILES string of the molecule is CCCCC/C=C\C/C=C\C/C=C\CCCCC(=O)OC[C@H](COP(=O)(O)O[C@H]1C(O)C(O)C(O)[C@@H](OP(=O)(O)O)C1O)OC(=O)CCCCCCC/C=C\C=C\C(=O)CCCCC. The fraction of sp³-hybridized carbons (Fsp3) is 0.711. The summed E-state index contributed by atoms with van der Waals surface area (Å²) in [6, 6.07) is 0. The summed E-state index contributed by atoms with van der Waals surface area (Å²) in [6.45, 7) is 2.85. The van der Waals surface area contributed by atoms with E-state index in [0.29, 0.717) is 32.1 Å². The van der Waals surface area contributed by atoms with Gasteiger partial charge in [-0.25, -0.2) is 9.13 Å². The molecule has 64 heavy (non-hydrogen) atoms. The molecule has 1 aliphatic rings. The Morgan fingerprint density at radius 1 is 0.547 bits per heavy atom. The minimum atomic E-state index is -5.38. The maximum absolute atomic E-state index is 13.0. The summed E-state index contributed by atoms with van der Waals surface area (Å²) >= 11 is 0. The summed E-state index contributed by atoms with van der Waals surface area (Å²) in [6.07, 6.45) is 21.7. The van der Waals surface area contributed by atoms with Crippen LogP contribution in [0.4, 0.5) is 0 Å². The number of rotatable bonds is 37. The van der Waals surface area contributed by atoms with Gasteiger partial charge in [0.25, 0.3) is 0 Å². The lowest BCUT2D eigenvalue weighted by atomic mass is 9.85. The molecule has 0 aromatic rings. The van der Waals surface area contributed by atoms with Gasteiger partial charge in [0.2, 0.25) is 0 Å². The molecule has 0 amide bonds. The van der Waals surface area contributed by atoms with E-state index in [1.807, 2.05) is 18.2 Å². The molecule has 0 aromatic heterocycles. The number of carbonyl (C=O) groups excluding carboxylic acids is 3. The van der Waals surface area contributed by atoms with Crippen molar-refractivity contribution < 1.29 is 81.7 Å². The monoisotopic (exact) mass is 950 g/mol. The predicted octanol–water partition coefficient (Wildman–Crippen LogP) is 7.46. The summed E-state index contributed by atoms with van der Waals surface area (Å²) < 4.78 is 49.2. The first-order valence-electron chi connectivity index (χ1n) is 22.8. The number of phosphoric ester groups is 2. The number of allylic oxidation sites excluding steroid dienone is 10. The first-order valence-corrected chi connectivity index (χ1v) is 25.8. The maximum Gasteiger partial charge on any atom is 0.472 e.